The Hall–Kier alpha value is -2.17. The molecule has 0 atom stereocenters. The monoisotopic (exact) mass is 231 g/mol. The van der Waals surface area contributed by atoms with Gasteiger partial charge in [-0.1, -0.05) is 30.3 Å². The zero-order valence-corrected chi connectivity index (χ0v) is 9.54. The molecule has 0 amide bonds. The summed E-state index contributed by atoms with van der Waals surface area (Å²) in [5, 5.41) is 10.7. The van der Waals surface area contributed by atoms with Crippen LogP contribution in [0, 0.1) is 10.1 Å². The van der Waals surface area contributed by atoms with E-state index >= 15 is 0 Å². The molecule has 2 aromatic rings. The van der Waals surface area contributed by atoms with E-state index in [4.69, 9.17) is 0 Å². The van der Waals surface area contributed by atoms with E-state index in [1.807, 2.05) is 30.3 Å². The van der Waals surface area contributed by atoms with Crippen molar-refractivity contribution in [3.05, 3.63) is 58.0 Å². The first-order valence-electron chi connectivity index (χ1n) is 5.37. The average Bonchev–Trinajstić information content (AvgIpc) is 2.69. The van der Waals surface area contributed by atoms with E-state index in [1.165, 1.54) is 16.3 Å². The molecule has 5 nitrogen and oxygen atoms in total. The number of nitro groups is 1. The number of aromatic nitrogens is 2. The molecule has 0 saturated heterocycles. The van der Waals surface area contributed by atoms with Gasteiger partial charge in [0.2, 0.25) is 0 Å². The van der Waals surface area contributed by atoms with Crippen LogP contribution in [0.1, 0.15) is 11.4 Å². The van der Waals surface area contributed by atoms with E-state index in [9.17, 15) is 10.1 Å². The molecular weight excluding hydrogens is 218 g/mol. The molecule has 0 aliphatic heterocycles. The summed E-state index contributed by atoms with van der Waals surface area (Å²) < 4.78 is 1.53. The van der Waals surface area contributed by atoms with Crippen LogP contribution in [0.2, 0.25) is 0 Å². The molecule has 0 fully saturated rings. The van der Waals surface area contributed by atoms with Gasteiger partial charge in [0, 0.05) is 6.42 Å². The van der Waals surface area contributed by atoms with Crippen LogP contribution in [0.3, 0.4) is 0 Å². The molecule has 0 aliphatic carbocycles. The van der Waals surface area contributed by atoms with E-state index < -0.39 is 4.92 Å². The van der Waals surface area contributed by atoms with Gasteiger partial charge in [0.05, 0.1) is 7.05 Å². The van der Waals surface area contributed by atoms with E-state index in [0.717, 1.165) is 12.2 Å². The van der Waals surface area contributed by atoms with Crippen LogP contribution < -0.4 is 0 Å². The van der Waals surface area contributed by atoms with Crippen molar-refractivity contribution in [1.29, 1.82) is 0 Å². The number of aryl methyl sites for hydroxylation is 2. The predicted molar refractivity (Wildman–Crippen MR) is 63.7 cm³/mol. The first-order chi connectivity index (χ1) is 8.18. The number of imidazole rings is 1. The molecule has 1 heterocycles. The van der Waals surface area contributed by atoms with Gasteiger partial charge in [-0.15, -0.1) is 0 Å². The maximum atomic E-state index is 10.7. The standard InChI is InChI=1S/C12H13N3O2/c1-14-11(13-9-12(14)15(16)17)8-7-10-5-3-2-4-6-10/h2-6,9H,7-8H2,1H3. The van der Waals surface area contributed by atoms with E-state index in [1.54, 1.807) is 7.05 Å². The summed E-state index contributed by atoms with van der Waals surface area (Å²) in [7, 11) is 1.67. The number of benzene rings is 1. The third kappa shape index (κ3) is 2.50. The smallest absolute Gasteiger partial charge is 0.342 e. The van der Waals surface area contributed by atoms with Crippen LogP contribution >= 0.6 is 0 Å². The van der Waals surface area contributed by atoms with Gasteiger partial charge in [0.1, 0.15) is 6.20 Å². The van der Waals surface area contributed by atoms with Crippen LogP contribution in [0.4, 0.5) is 5.82 Å². The minimum absolute atomic E-state index is 0.0352. The SMILES string of the molecule is Cn1c([N+](=O)[O-])cnc1CCc1ccccc1. The van der Waals surface area contributed by atoms with Crippen LogP contribution in [0.15, 0.2) is 36.5 Å². The molecule has 1 aromatic carbocycles. The zero-order valence-electron chi connectivity index (χ0n) is 9.54. The summed E-state index contributed by atoms with van der Waals surface area (Å²) in [6.07, 6.45) is 2.84. The lowest BCUT2D eigenvalue weighted by Crippen LogP contribution is -2.03. The molecule has 2 rings (SSSR count). The van der Waals surface area contributed by atoms with Crippen LogP contribution in [-0.2, 0) is 19.9 Å². The minimum atomic E-state index is -0.418. The Bertz CT molecular complexity index is 520. The summed E-state index contributed by atoms with van der Waals surface area (Å²) in [6.45, 7) is 0. The molecule has 0 radical (unpaired) electrons. The number of nitrogens with zero attached hydrogens (tertiary/aromatic N) is 3. The maximum absolute atomic E-state index is 10.7. The summed E-state index contributed by atoms with van der Waals surface area (Å²) >= 11 is 0. The Morgan fingerprint density at radius 3 is 2.59 bits per heavy atom. The first kappa shape index (κ1) is 11.3. The third-order valence-corrected chi connectivity index (χ3v) is 2.73. The van der Waals surface area contributed by atoms with Crippen molar-refractivity contribution in [1.82, 2.24) is 9.55 Å². The molecule has 88 valence electrons. The van der Waals surface area contributed by atoms with Gasteiger partial charge in [-0.25, -0.2) is 9.55 Å². The van der Waals surface area contributed by atoms with Gasteiger partial charge in [-0.3, -0.25) is 0 Å². The Kier molecular flexibility index (Phi) is 3.18. The average molecular weight is 231 g/mol. The highest BCUT2D eigenvalue weighted by molar-refractivity contribution is 5.20. The highest BCUT2D eigenvalue weighted by Crippen LogP contribution is 2.13. The number of hydrogen-bond acceptors (Lipinski definition) is 3. The van der Waals surface area contributed by atoms with Crippen LogP contribution in [0.25, 0.3) is 0 Å². The molecule has 0 aliphatic rings. The topological polar surface area (TPSA) is 61.0 Å². The van der Waals surface area contributed by atoms with E-state index in [2.05, 4.69) is 4.98 Å². The highest BCUT2D eigenvalue weighted by Gasteiger charge is 2.15. The van der Waals surface area contributed by atoms with Gasteiger partial charge >= 0.3 is 5.82 Å². The number of rotatable bonds is 4. The fourth-order valence-corrected chi connectivity index (χ4v) is 1.74. The van der Waals surface area contributed by atoms with E-state index in [0.29, 0.717) is 6.42 Å². The molecule has 5 heteroatoms. The van der Waals surface area contributed by atoms with E-state index in [-0.39, 0.29) is 5.82 Å². The van der Waals surface area contributed by atoms with Crippen molar-refractivity contribution in [2.45, 2.75) is 12.8 Å². The second-order valence-corrected chi connectivity index (χ2v) is 3.83. The minimum Gasteiger partial charge on any atom is -0.358 e. The fraction of sp³-hybridized carbons (Fsp3) is 0.250. The Labute approximate surface area is 98.9 Å². The highest BCUT2D eigenvalue weighted by atomic mass is 16.6. The second-order valence-electron chi connectivity index (χ2n) is 3.83. The molecular formula is C12H13N3O2. The molecule has 17 heavy (non-hydrogen) atoms. The Morgan fingerprint density at radius 1 is 1.29 bits per heavy atom. The molecule has 0 spiro atoms. The number of hydrogen-bond donors (Lipinski definition) is 0. The van der Waals surface area contributed by atoms with Gasteiger partial charge < -0.3 is 10.1 Å². The van der Waals surface area contributed by atoms with Crippen LogP contribution in [0.5, 0.6) is 0 Å². The predicted octanol–water partition coefficient (Wildman–Crippen LogP) is 2.11. The van der Waals surface area contributed by atoms with Gasteiger partial charge in [0.15, 0.2) is 5.82 Å². The lowest BCUT2D eigenvalue weighted by Gasteiger charge is -1.99. The Balaban J connectivity index is 2.07. The van der Waals surface area contributed by atoms with Crippen LogP contribution in [-0.4, -0.2) is 14.5 Å². The lowest BCUT2D eigenvalue weighted by atomic mass is 10.1. The molecule has 0 bridgehead atoms. The van der Waals surface area contributed by atoms with Crippen molar-refractivity contribution in [3.63, 3.8) is 0 Å². The molecule has 0 N–H and O–H groups in total. The summed E-state index contributed by atoms with van der Waals surface area (Å²) in [4.78, 5) is 14.3. The summed E-state index contributed by atoms with van der Waals surface area (Å²) in [5.41, 5.74) is 1.21. The largest absolute Gasteiger partial charge is 0.358 e. The normalized spacial score (nSPS) is 10.4. The van der Waals surface area contributed by atoms with Crippen molar-refractivity contribution >= 4 is 5.82 Å². The summed E-state index contributed by atoms with van der Waals surface area (Å²) in [5.74, 6) is 0.772. The molecule has 0 unspecified atom stereocenters. The van der Waals surface area contributed by atoms with Gasteiger partial charge in [-0.05, 0) is 16.9 Å². The van der Waals surface area contributed by atoms with Gasteiger partial charge in [0.25, 0.3) is 0 Å². The molecule has 1 aromatic heterocycles. The molecule has 0 saturated carbocycles. The zero-order chi connectivity index (χ0) is 12.3. The van der Waals surface area contributed by atoms with Gasteiger partial charge in [-0.2, -0.15) is 0 Å². The lowest BCUT2D eigenvalue weighted by molar-refractivity contribution is -0.391. The quantitative estimate of drug-likeness (QED) is 0.598. The third-order valence-electron chi connectivity index (χ3n) is 2.73. The van der Waals surface area contributed by atoms with Crippen molar-refractivity contribution in [2.24, 2.45) is 7.05 Å². The summed E-state index contributed by atoms with van der Waals surface area (Å²) in [6, 6.07) is 10.0. The maximum Gasteiger partial charge on any atom is 0.342 e. The van der Waals surface area contributed by atoms with Crippen molar-refractivity contribution in [2.75, 3.05) is 0 Å². The van der Waals surface area contributed by atoms with Crippen molar-refractivity contribution in [3.8, 4) is 0 Å². The fourth-order valence-electron chi connectivity index (χ4n) is 1.74. The second kappa shape index (κ2) is 4.78. The Morgan fingerprint density at radius 2 is 2.00 bits per heavy atom. The first-order valence-corrected chi connectivity index (χ1v) is 5.37. The van der Waals surface area contributed by atoms with Crippen molar-refractivity contribution < 1.29 is 4.92 Å².